The van der Waals surface area contributed by atoms with Crippen LogP contribution in [0.15, 0.2) is 53.3 Å². The number of carbonyl (C=O) groups is 2. The molecule has 0 bridgehead atoms. The van der Waals surface area contributed by atoms with E-state index in [1.807, 2.05) is 0 Å². The van der Waals surface area contributed by atoms with Crippen molar-refractivity contribution < 1.29 is 14.3 Å². The van der Waals surface area contributed by atoms with Crippen molar-refractivity contribution in [1.82, 2.24) is 10.2 Å². The van der Waals surface area contributed by atoms with Gasteiger partial charge in [0.2, 0.25) is 0 Å². The maximum Gasteiger partial charge on any atom is 0.359 e. The summed E-state index contributed by atoms with van der Waals surface area (Å²) in [7, 11) is 0. The van der Waals surface area contributed by atoms with E-state index in [0.29, 0.717) is 21.5 Å². The van der Waals surface area contributed by atoms with E-state index in [-0.39, 0.29) is 5.69 Å². The van der Waals surface area contributed by atoms with Gasteiger partial charge in [0.25, 0.3) is 11.5 Å². The molecule has 0 saturated carbocycles. The number of rotatable bonds is 4. The van der Waals surface area contributed by atoms with E-state index in [2.05, 4.69) is 15.5 Å². The minimum Gasteiger partial charge on any atom is -0.451 e. The second-order valence-electron chi connectivity index (χ2n) is 5.08. The average Bonchev–Trinajstić information content (AvgIpc) is 2.60. The first-order valence-electron chi connectivity index (χ1n) is 7.24. The van der Waals surface area contributed by atoms with Gasteiger partial charge in [-0.1, -0.05) is 35.9 Å². The Labute approximate surface area is 146 Å². The fraction of sp³-hybridized carbons (Fsp3) is 0.0588. The summed E-state index contributed by atoms with van der Waals surface area (Å²) in [5, 5.41) is 9.65. The summed E-state index contributed by atoms with van der Waals surface area (Å²) in [4.78, 5) is 35.7. The standard InChI is InChI=1S/C17H12ClN3O4/c18-10-4-3-5-11(8-10)19-14(22)9-25-17(24)15-12-6-1-2-7-13(12)16(23)21-20-15/h1-8H,9H2,(H,19,22)(H,21,23). The van der Waals surface area contributed by atoms with Gasteiger partial charge in [-0.15, -0.1) is 0 Å². The van der Waals surface area contributed by atoms with Crippen LogP contribution >= 0.6 is 11.6 Å². The number of halogens is 1. The Kier molecular flexibility index (Phi) is 4.76. The molecule has 2 N–H and O–H groups in total. The molecule has 7 nitrogen and oxygen atoms in total. The number of ether oxygens (including phenoxy) is 1. The highest BCUT2D eigenvalue weighted by Crippen LogP contribution is 2.15. The van der Waals surface area contributed by atoms with Crippen LogP contribution in [0.3, 0.4) is 0 Å². The van der Waals surface area contributed by atoms with Gasteiger partial charge in [0.1, 0.15) is 0 Å². The minimum atomic E-state index is -0.811. The number of hydrogen-bond donors (Lipinski definition) is 2. The fourth-order valence-electron chi connectivity index (χ4n) is 2.23. The molecule has 0 spiro atoms. The van der Waals surface area contributed by atoms with Gasteiger partial charge in [-0.3, -0.25) is 9.59 Å². The molecular weight excluding hydrogens is 346 g/mol. The van der Waals surface area contributed by atoms with Crippen molar-refractivity contribution >= 4 is 39.9 Å². The lowest BCUT2D eigenvalue weighted by atomic mass is 10.1. The smallest absolute Gasteiger partial charge is 0.359 e. The first-order valence-corrected chi connectivity index (χ1v) is 7.62. The summed E-state index contributed by atoms with van der Waals surface area (Å²) in [6, 6.07) is 13.1. The van der Waals surface area contributed by atoms with Gasteiger partial charge in [0, 0.05) is 16.1 Å². The molecule has 8 heteroatoms. The van der Waals surface area contributed by atoms with Crippen LogP contribution in [-0.2, 0) is 9.53 Å². The van der Waals surface area contributed by atoms with Crippen LogP contribution in [0.2, 0.25) is 5.02 Å². The number of hydrogen-bond acceptors (Lipinski definition) is 5. The van der Waals surface area contributed by atoms with Crippen molar-refractivity contribution in [2.24, 2.45) is 0 Å². The van der Waals surface area contributed by atoms with Crippen molar-refractivity contribution in [2.45, 2.75) is 0 Å². The van der Waals surface area contributed by atoms with Gasteiger partial charge in [0.15, 0.2) is 12.3 Å². The van der Waals surface area contributed by atoms with Gasteiger partial charge in [-0.2, -0.15) is 5.10 Å². The molecule has 1 heterocycles. The van der Waals surface area contributed by atoms with Crippen LogP contribution in [0.1, 0.15) is 10.5 Å². The van der Waals surface area contributed by atoms with E-state index >= 15 is 0 Å². The van der Waals surface area contributed by atoms with E-state index in [1.54, 1.807) is 48.5 Å². The quantitative estimate of drug-likeness (QED) is 0.698. The second-order valence-corrected chi connectivity index (χ2v) is 5.52. The van der Waals surface area contributed by atoms with Gasteiger partial charge in [-0.05, 0) is 24.3 Å². The molecular formula is C17H12ClN3O4. The lowest BCUT2D eigenvalue weighted by molar-refractivity contribution is -0.119. The van der Waals surface area contributed by atoms with E-state index < -0.39 is 24.0 Å². The summed E-state index contributed by atoms with van der Waals surface area (Å²) in [6.07, 6.45) is 0. The Balaban J connectivity index is 1.70. The number of benzene rings is 2. The molecule has 0 aliphatic heterocycles. The summed E-state index contributed by atoms with van der Waals surface area (Å²) >= 11 is 5.83. The predicted octanol–water partition coefficient (Wildman–Crippen LogP) is 2.37. The summed E-state index contributed by atoms with van der Waals surface area (Å²) < 4.78 is 4.97. The molecule has 2 aromatic carbocycles. The molecule has 0 unspecified atom stereocenters. The molecule has 126 valence electrons. The normalized spacial score (nSPS) is 10.4. The molecule has 1 amide bonds. The van der Waals surface area contributed by atoms with Gasteiger partial charge >= 0.3 is 5.97 Å². The van der Waals surface area contributed by atoms with Crippen molar-refractivity contribution in [3.8, 4) is 0 Å². The summed E-state index contributed by atoms with van der Waals surface area (Å²) in [6.45, 7) is -0.500. The number of carbonyl (C=O) groups excluding carboxylic acids is 2. The van der Waals surface area contributed by atoms with Gasteiger partial charge in [0.05, 0.1) is 5.39 Å². The van der Waals surface area contributed by atoms with Crippen molar-refractivity contribution in [2.75, 3.05) is 11.9 Å². The Bertz CT molecular complexity index is 1020. The molecule has 25 heavy (non-hydrogen) atoms. The Hall–Kier alpha value is -3.19. The van der Waals surface area contributed by atoms with Crippen LogP contribution < -0.4 is 10.9 Å². The number of aromatic amines is 1. The van der Waals surface area contributed by atoms with E-state index in [4.69, 9.17) is 16.3 Å². The number of anilines is 1. The lowest BCUT2D eigenvalue weighted by Gasteiger charge is -2.07. The summed E-state index contributed by atoms with van der Waals surface area (Å²) in [5.41, 5.74) is 0.0118. The molecule has 1 aromatic heterocycles. The Morgan fingerprint density at radius 3 is 2.64 bits per heavy atom. The molecule has 0 fully saturated rings. The van der Waals surface area contributed by atoms with Crippen molar-refractivity contribution in [3.63, 3.8) is 0 Å². The van der Waals surface area contributed by atoms with Crippen LogP contribution in [0.5, 0.6) is 0 Å². The first kappa shape index (κ1) is 16.7. The molecule has 0 saturated heterocycles. The van der Waals surface area contributed by atoms with Crippen LogP contribution in [-0.4, -0.2) is 28.7 Å². The number of nitrogens with zero attached hydrogens (tertiary/aromatic N) is 1. The third-order valence-electron chi connectivity index (χ3n) is 3.33. The number of H-pyrrole nitrogens is 1. The number of esters is 1. The zero-order valence-electron chi connectivity index (χ0n) is 12.8. The van der Waals surface area contributed by atoms with Crippen molar-refractivity contribution in [3.05, 3.63) is 69.6 Å². The average molecular weight is 358 g/mol. The monoisotopic (exact) mass is 357 g/mol. The minimum absolute atomic E-state index is 0.0641. The van der Waals surface area contributed by atoms with Crippen molar-refractivity contribution in [1.29, 1.82) is 0 Å². The first-order chi connectivity index (χ1) is 12.0. The number of nitrogens with one attached hydrogen (secondary N) is 2. The highest BCUT2D eigenvalue weighted by atomic mass is 35.5. The van der Waals surface area contributed by atoms with Gasteiger partial charge in [-0.25, -0.2) is 9.89 Å². The second kappa shape index (κ2) is 7.14. The number of aromatic nitrogens is 2. The Morgan fingerprint density at radius 1 is 1.12 bits per heavy atom. The molecule has 0 aliphatic rings. The van der Waals surface area contributed by atoms with E-state index in [9.17, 15) is 14.4 Å². The van der Waals surface area contributed by atoms with Crippen LogP contribution in [0.4, 0.5) is 5.69 Å². The molecule has 0 aliphatic carbocycles. The maximum absolute atomic E-state index is 12.2. The predicted molar refractivity (Wildman–Crippen MR) is 92.7 cm³/mol. The zero-order chi connectivity index (χ0) is 17.8. The lowest BCUT2D eigenvalue weighted by Crippen LogP contribution is -2.22. The number of fused-ring (bicyclic) bond motifs is 1. The molecule has 0 atom stereocenters. The summed E-state index contributed by atoms with van der Waals surface area (Å²) in [5.74, 6) is -1.34. The molecule has 3 aromatic rings. The highest BCUT2D eigenvalue weighted by molar-refractivity contribution is 6.30. The SMILES string of the molecule is O=C(COC(=O)c1n[nH]c(=O)c2ccccc12)Nc1cccc(Cl)c1. The van der Waals surface area contributed by atoms with Gasteiger partial charge < -0.3 is 10.1 Å². The largest absolute Gasteiger partial charge is 0.451 e. The number of amides is 1. The fourth-order valence-corrected chi connectivity index (χ4v) is 2.42. The molecule has 0 radical (unpaired) electrons. The zero-order valence-corrected chi connectivity index (χ0v) is 13.5. The highest BCUT2D eigenvalue weighted by Gasteiger charge is 2.16. The maximum atomic E-state index is 12.2. The third kappa shape index (κ3) is 3.84. The topological polar surface area (TPSA) is 101 Å². The Morgan fingerprint density at radius 2 is 1.88 bits per heavy atom. The van der Waals surface area contributed by atoms with Crippen LogP contribution in [0.25, 0.3) is 10.8 Å². The van der Waals surface area contributed by atoms with Crippen LogP contribution in [0, 0.1) is 0 Å². The van der Waals surface area contributed by atoms with E-state index in [1.165, 1.54) is 0 Å². The third-order valence-corrected chi connectivity index (χ3v) is 3.57. The van der Waals surface area contributed by atoms with E-state index in [0.717, 1.165) is 0 Å². The molecule has 3 rings (SSSR count).